The van der Waals surface area contributed by atoms with Crippen LogP contribution in [-0.2, 0) is 17.2 Å². The molecule has 0 N–H and O–H groups in total. The zero-order valence-electron chi connectivity index (χ0n) is 26.2. The van der Waals surface area contributed by atoms with Crippen molar-refractivity contribution >= 4 is 42.6 Å². The first-order valence-electron chi connectivity index (χ1n) is 15.7. The Morgan fingerprint density at radius 3 is 1.94 bits per heavy atom. The first-order chi connectivity index (χ1) is 23.8. The molecule has 0 radical (unpaired) electrons. The summed E-state index contributed by atoms with van der Waals surface area (Å²) in [4.78, 5) is 13.4. The van der Waals surface area contributed by atoms with E-state index in [2.05, 4.69) is 4.57 Å². The van der Waals surface area contributed by atoms with E-state index in [0.717, 1.165) is 27.7 Å². The van der Waals surface area contributed by atoms with Crippen molar-refractivity contribution in [1.29, 1.82) is 0 Å². The third-order valence-electron chi connectivity index (χ3n) is 9.02. The third-order valence-corrected chi connectivity index (χ3v) is 10.3. The maximum absolute atomic E-state index is 15.5. The Kier molecular flexibility index (Phi) is 7.38. The average Bonchev–Trinajstić information content (AvgIpc) is 3.40. The number of fused-ring (bicyclic) bond motifs is 3. The van der Waals surface area contributed by atoms with Crippen LogP contribution in [0.2, 0.25) is 0 Å². The molecular formula is C41H28FNO5S. The van der Waals surface area contributed by atoms with Crippen LogP contribution < -0.4 is 9.81 Å². The smallest absolute Gasteiger partial charge is 0.349 e. The molecule has 2 heterocycles. The summed E-state index contributed by atoms with van der Waals surface area (Å²) < 4.78 is 57.6. The number of para-hydroxylation sites is 1. The van der Waals surface area contributed by atoms with Gasteiger partial charge in [0.2, 0.25) is 0 Å². The number of hydrogen-bond acceptors (Lipinski definition) is 5. The number of nitrogens with zero attached hydrogens (tertiary/aromatic N) is 1. The van der Waals surface area contributed by atoms with Crippen LogP contribution in [0.1, 0.15) is 22.7 Å². The molecule has 0 bridgehead atoms. The number of halogens is 1. The minimum Gasteiger partial charge on any atom is -0.388 e. The van der Waals surface area contributed by atoms with E-state index in [0.29, 0.717) is 16.3 Å². The molecule has 8 rings (SSSR count). The van der Waals surface area contributed by atoms with E-state index >= 15 is 4.39 Å². The van der Waals surface area contributed by atoms with Crippen molar-refractivity contribution in [3.05, 3.63) is 179 Å². The lowest BCUT2D eigenvalue weighted by Crippen LogP contribution is -2.15. The molecule has 0 saturated heterocycles. The van der Waals surface area contributed by atoms with Gasteiger partial charge in [0.1, 0.15) is 16.1 Å². The summed E-state index contributed by atoms with van der Waals surface area (Å²) in [5.41, 5.74) is 3.21. The maximum Gasteiger partial charge on any atom is 0.349 e. The zero-order valence-corrected chi connectivity index (χ0v) is 27.0. The van der Waals surface area contributed by atoms with E-state index in [4.69, 9.17) is 8.60 Å². The van der Waals surface area contributed by atoms with Crippen molar-refractivity contribution in [2.75, 3.05) is 0 Å². The number of aryl methyl sites for hydroxylation is 1. The van der Waals surface area contributed by atoms with Gasteiger partial charge in [-0.2, -0.15) is 8.42 Å². The molecule has 6 nitrogen and oxygen atoms in total. The van der Waals surface area contributed by atoms with Gasteiger partial charge in [-0.1, -0.05) is 127 Å². The minimum atomic E-state index is -4.58. The molecule has 0 aliphatic heterocycles. The summed E-state index contributed by atoms with van der Waals surface area (Å²) in [5.74, 6) is -1.71. The Morgan fingerprint density at radius 1 is 0.653 bits per heavy atom. The molecular weight excluding hydrogens is 638 g/mol. The second kappa shape index (κ2) is 11.9. The molecule has 8 heteroatoms. The second-order valence-electron chi connectivity index (χ2n) is 11.8. The van der Waals surface area contributed by atoms with E-state index in [1.807, 2.05) is 98.0 Å². The van der Waals surface area contributed by atoms with Crippen molar-refractivity contribution in [2.24, 2.45) is 7.05 Å². The zero-order chi connectivity index (χ0) is 33.7. The minimum absolute atomic E-state index is 0.0943. The van der Waals surface area contributed by atoms with Gasteiger partial charge in [0.05, 0.1) is 5.56 Å². The van der Waals surface area contributed by atoms with Gasteiger partial charge in [-0.3, -0.25) is 0 Å². The Morgan fingerprint density at radius 2 is 1.22 bits per heavy atom. The van der Waals surface area contributed by atoms with Crippen LogP contribution in [0.25, 0.3) is 43.6 Å². The number of hydrogen-bond donors (Lipinski definition) is 0. The largest absolute Gasteiger partial charge is 0.388 e. The van der Waals surface area contributed by atoms with E-state index < -0.39 is 27.5 Å². The molecule has 0 fully saturated rings. The van der Waals surface area contributed by atoms with Crippen molar-refractivity contribution in [1.82, 2.24) is 4.57 Å². The number of aromatic nitrogens is 1. The monoisotopic (exact) mass is 665 g/mol. The van der Waals surface area contributed by atoms with Gasteiger partial charge >= 0.3 is 21.7 Å². The lowest BCUT2D eigenvalue weighted by Gasteiger charge is -2.23. The maximum atomic E-state index is 15.5. The summed E-state index contributed by atoms with van der Waals surface area (Å²) in [7, 11) is -2.64. The van der Waals surface area contributed by atoms with Crippen LogP contribution >= 0.6 is 0 Å². The molecule has 0 aliphatic rings. The van der Waals surface area contributed by atoms with Crippen LogP contribution in [-0.4, -0.2) is 13.0 Å². The van der Waals surface area contributed by atoms with Gasteiger partial charge < -0.3 is 13.2 Å². The van der Waals surface area contributed by atoms with Crippen LogP contribution in [0, 0.1) is 5.82 Å². The fraction of sp³-hybridized carbons (Fsp3) is 0.0488. The first-order valence-corrected chi connectivity index (χ1v) is 17.1. The van der Waals surface area contributed by atoms with E-state index in [9.17, 15) is 13.2 Å². The van der Waals surface area contributed by atoms with Crippen LogP contribution in [0.5, 0.6) is 5.95 Å². The summed E-state index contributed by atoms with van der Waals surface area (Å²) >= 11 is 0. The molecule has 0 amide bonds. The van der Waals surface area contributed by atoms with E-state index in [1.165, 1.54) is 18.2 Å². The van der Waals surface area contributed by atoms with Gasteiger partial charge in [-0.15, -0.1) is 0 Å². The molecule has 2 aromatic heterocycles. The first kappa shape index (κ1) is 30.4. The predicted octanol–water partition coefficient (Wildman–Crippen LogP) is 9.19. The molecule has 0 aliphatic carbocycles. The Hall–Kier alpha value is -5.99. The van der Waals surface area contributed by atoms with Crippen LogP contribution in [0.4, 0.5) is 4.39 Å². The molecule has 0 saturated carbocycles. The topological polar surface area (TPSA) is 78.5 Å². The van der Waals surface area contributed by atoms with Crippen LogP contribution in [0.3, 0.4) is 0 Å². The molecule has 240 valence electrons. The van der Waals surface area contributed by atoms with E-state index in [-0.39, 0.29) is 27.1 Å². The SMILES string of the molecule is Cn1c(C(c2ccccc2)c2ccccc2)c(-c2c(OS(=O)(=O)c3cccc4ccccc34)oc(=O)c3c(F)cccc23)c2ccccc21. The van der Waals surface area contributed by atoms with Gasteiger partial charge in [0, 0.05) is 45.9 Å². The molecule has 49 heavy (non-hydrogen) atoms. The summed E-state index contributed by atoms with van der Waals surface area (Å²) in [6, 6.07) is 43.7. The summed E-state index contributed by atoms with van der Waals surface area (Å²) in [5, 5.41) is 1.74. The Labute approximate surface area is 281 Å². The highest BCUT2D eigenvalue weighted by atomic mass is 32.2. The Balaban J connectivity index is 1.49. The van der Waals surface area contributed by atoms with Crippen molar-refractivity contribution in [2.45, 2.75) is 10.8 Å². The van der Waals surface area contributed by atoms with Crippen molar-refractivity contribution in [3.8, 4) is 17.1 Å². The highest BCUT2D eigenvalue weighted by Gasteiger charge is 2.33. The molecule has 6 aromatic carbocycles. The number of benzene rings is 6. The lowest BCUT2D eigenvalue weighted by molar-refractivity contribution is 0.363. The van der Waals surface area contributed by atoms with E-state index in [1.54, 1.807) is 36.4 Å². The lowest BCUT2D eigenvalue weighted by atomic mass is 9.84. The van der Waals surface area contributed by atoms with Crippen molar-refractivity contribution < 1.29 is 21.4 Å². The second-order valence-corrected chi connectivity index (χ2v) is 13.3. The summed E-state index contributed by atoms with van der Waals surface area (Å²) in [6.07, 6.45) is 0. The summed E-state index contributed by atoms with van der Waals surface area (Å²) in [6.45, 7) is 0. The highest BCUT2D eigenvalue weighted by Crippen LogP contribution is 2.48. The molecule has 8 aromatic rings. The normalized spacial score (nSPS) is 11.9. The standard InChI is InChI=1S/C41H28FNO5S/c1-43-33-24-11-10-21-30(33)37(39(43)35(27-15-4-2-5-16-27)28-17-6-3-7-18-28)38-31-22-13-23-32(42)36(31)40(44)47-41(38)48-49(45,46)34-25-12-19-26-14-8-9-20-29(26)34/h2-25,35H,1H3. The van der Waals surface area contributed by atoms with Gasteiger partial charge in [-0.25, -0.2) is 9.18 Å². The fourth-order valence-corrected chi connectivity index (χ4v) is 8.01. The predicted molar refractivity (Wildman–Crippen MR) is 190 cm³/mol. The third kappa shape index (κ3) is 5.08. The number of rotatable bonds is 7. The molecule has 0 unspecified atom stereocenters. The van der Waals surface area contributed by atoms with Gasteiger partial charge in [-0.05, 0) is 34.7 Å². The van der Waals surface area contributed by atoms with Gasteiger partial charge in [0.15, 0.2) is 0 Å². The quantitative estimate of drug-likeness (QED) is 0.159. The van der Waals surface area contributed by atoms with Crippen LogP contribution in [0.15, 0.2) is 160 Å². The Bertz CT molecular complexity index is 2660. The molecule has 0 atom stereocenters. The molecule has 0 spiro atoms. The highest BCUT2D eigenvalue weighted by molar-refractivity contribution is 7.87. The fourth-order valence-electron chi connectivity index (χ4n) is 6.90. The average molecular weight is 666 g/mol. The van der Waals surface area contributed by atoms with Gasteiger partial charge in [0.25, 0.3) is 0 Å². The van der Waals surface area contributed by atoms with Crippen molar-refractivity contribution in [3.63, 3.8) is 0 Å².